The molecule has 0 aliphatic heterocycles. The summed E-state index contributed by atoms with van der Waals surface area (Å²) in [6, 6.07) is 65.5. The number of pyridine rings is 2. The molecule has 0 saturated heterocycles. The van der Waals surface area contributed by atoms with Crippen LogP contribution in [0.3, 0.4) is 0 Å². The van der Waals surface area contributed by atoms with Crippen molar-refractivity contribution in [1.29, 1.82) is 0 Å². The van der Waals surface area contributed by atoms with Crippen LogP contribution in [-0.2, 0) is 0 Å². The Kier molecular flexibility index (Phi) is 7.74. The molecule has 4 aromatic heterocycles. The predicted molar refractivity (Wildman–Crippen MR) is 234 cm³/mol. The Hall–Kier alpha value is -7.76. The lowest BCUT2D eigenvalue weighted by Crippen LogP contribution is -1.96. The number of aromatic nitrogens is 5. The van der Waals surface area contributed by atoms with Crippen molar-refractivity contribution in [3.05, 3.63) is 200 Å². The molecule has 0 radical (unpaired) electrons. The van der Waals surface area contributed by atoms with Gasteiger partial charge in [0.2, 0.25) is 0 Å². The Morgan fingerprint density at radius 2 is 0.895 bits per heavy atom. The van der Waals surface area contributed by atoms with Crippen LogP contribution in [0.15, 0.2) is 200 Å². The van der Waals surface area contributed by atoms with E-state index in [-0.39, 0.29) is 0 Å². The van der Waals surface area contributed by atoms with E-state index in [4.69, 9.17) is 19.9 Å². The van der Waals surface area contributed by atoms with Crippen LogP contribution in [0, 0.1) is 0 Å². The van der Waals surface area contributed by atoms with Gasteiger partial charge >= 0.3 is 0 Å². The second-order valence-electron chi connectivity index (χ2n) is 14.4. The summed E-state index contributed by atoms with van der Waals surface area (Å²) >= 11 is 0. The van der Waals surface area contributed by atoms with Gasteiger partial charge in [-0.05, 0) is 52.2 Å². The van der Waals surface area contributed by atoms with E-state index in [2.05, 4.69) is 162 Å². The van der Waals surface area contributed by atoms with Gasteiger partial charge in [0.1, 0.15) is 5.65 Å². The highest BCUT2D eigenvalue weighted by Crippen LogP contribution is 2.37. The fraction of sp³-hybridized carbons (Fsp3) is 0. The summed E-state index contributed by atoms with van der Waals surface area (Å²) in [5.41, 5.74) is 13.1. The Labute approximate surface area is 329 Å². The van der Waals surface area contributed by atoms with E-state index < -0.39 is 0 Å². The van der Waals surface area contributed by atoms with E-state index in [0.29, 0.717) is 5.82 Å². The first-order chi connectivity index (χ1) is 28.2. The highest BCUT2D eigenvalue weighted by atomic mass is 15.0. The molecule has 0 fully saturated rings. The second kappa shape index (κ2) is 13.5. The maximum Gasteiger partial charge on any atom is 0.160 e. The minimum absolute atomic E-state index is 0.705. The van der Waals surface area contributed by atoms with Gasteiger partial charge in [0.25, 0.3) is 0 Å². The van der Waals surface area contributed by atoms with Gasteiger partial charge in [0.15, 0.2) is 5.82 Å². The molecule has 0 saturated carbocycles. The molecule has 0 aliphatic rings. The smallest absolute Gasteiger partial charge is 0.160 e. The summed E-state index contributed by atoms with van der Waals surface area (Å²) in [5, 5.41) is 5.57. The Morgan fingerprint density at radius 1 is 0.351 bits per heavy atom. The van der Waals surface area contributed by atoms with Crippen LogP contribution in [0.2, 0.25) is 0 Å². The summed E-state index contributed by atoms with van der Waals surface area (Å²) in [6.45, 7) is 0. The van der Waals surface area contributed by atoms with Crippen LogP contribution in [-0.4, -0.2) is 24.3 Å². The minimum atomic E-state index is 0.705. The first-order valence-electron chi connectivity index (χ1n) is 19.1. The van der Waals surface area contributed by atoms with Gasteiger partial charge in [-0.15, -0.1) is 0 Å². The molecule has 266 valence electrons. The van der Waals surface area contributed by atoms with Crippen LogP contribution in [0.5, 0.6) is 0 Å². The molecule has 11 rings (SSSR count). The maximum absolute atomic E-state index is 5.22. The van der Waals surface area contributed by atoms with Gasteiger partial charge in [0, 0.05) is 56.4 Å². The number of fused-ring (bicyclic) bond motifs is 6. The van der Waals surface area contributed by atoms with Crippen molar-refractivity contribution >= 4 is 38.1 Å². The van der Waals surface area contributed by atoms with E-state index in [9.17, 15) is 0 Å². The normalized spacial score (nSPS) is 11.5. The van der Waals surface area contributed by atoms with Gasteiger partial charge in [0.05, 0.1) is 28.3 Å². The maximum atomic E-state index is 5.22. The fourth-order valence-corrected chi connectivity index (χ4v) is 7.92. The zero-order valence-electron chi connectivity index (χ0n) is 30.8. The summed E-state index contributed by atoms with van der Waals surface area (Å²) < 4.78 is 2.13. The number of hydrogen-bond acceptors (Lipinski definition) is 4. The van der Waals surface area contributed by atoms with Crippen molar-refractivity contribution in [2.24, 2.45) is 0 Å². The van der Waals surface area contributed by atoms with Crippen molar-refractivity contribution < 1.29 is 0 Å². The van der Waals surface area contributed by atoms with Crippen molar-refractivity contribution in [2.75, 3.05) is 0 Å². The molecule has 4 heterocycles. The van der Waals surface area contributed by atoms with Crippen molar-refractivity contribution in [2.45, 2.75) is 0 Å². The molecule has 0 spiro atoms. The lowest BCUT2D eigenvalue weighted by molar-refractivity contribution is 1.18. The average molecular weight is 728 g/mol. The monoisotopic (exact) mass is 727 g/mol. The van der Waals surface area contributed by atoms with Crippen LogP contribution in [0.4, 0.5) is 0 Å². The Balaban J connectivity index is 0.950. The topological polar surface area (TPSA) is 56.0 Å². The lowest BCUT2D eigenvalue weighted by atomic mass is 9.97. The van der Waals surface area contributed by atoms with Crippen LogP contribution in [0.25, 0.3) is 106 Å². The van der Waals surface area contributed by atoms with Crippen LogP contribution >= 0.6 is 0 Å². The van der Waals surface area contributed by atoms with Gasteiger partial charge in [-0.1, -0.05) is 158 Å². The number of imidazole rings is 1. The van der Waals surface area contributed by atoms with Crippen molar-refractivity contribution in [3.63, 3.8) is 0 Å². The molecule has 5 heteroatoms. The average Bonchev–Trinajstić information content (AvgIpc) is 3.74. The zero-order chi connectivity index (χ0) is 37.7. The number of para-hydroxylation sites is 1. The molecule has 0 unspecified atom stereocenters. The number of hydrogen-bond donors (Lipinski definition) is 0. The van der Waals surface area contributed by atoms with E-state index in [1.165, 1.54) is 0 Å². The molecular formula is C52H33N5. The summed E-state index contributed by atoms with van der Waals surface area (Å²) in [5.74, 6) is 0.705. The predicted octanol–water partition coefficient (Wildman–Crippen LogP) is 13.0. The zero-order valence-corrected chi connectivity index (χ0v) is 30.8. The molecule has 7 aromatic carbocycles. The van der Waals surface area contributed by atoms with Gasteiger partial charge < -0.3 is 4.40 Å². The Morgan fingerprint density at radius 3 is 1.56 bits per heavy atom. The van der Waals surface area contributed by atoms with E-state index in [1.807, 2.05) is 42.5 Å². The van der Waals surface area contributed by atoms with E-state index >= 15 is 0 Å². The number of nitrogens with zero attached hydrogens (tertiary/aromatic N) is 5. The Bertz CT molecular complexity index is 3210. The molecule has 0 atom stereocenters. The third-order valence-corrected chi connectivity index (χ3v) is 10.8. The quantitative estimate of drug-likeness (QED) is 0.160. The van der Waals surface area contributed by atoms with E-state index in [1.54, 1.807) is 0 Å². The first kappa shape index (κ1) is 32.7. The van der Waals surface area contributed by atoms with Crippen molar-refractivity contribution in [3.8, 4) is 67.5 Å². The first-order valence-corrected chi connectivity index (χ1v) is 19.1. The SMILES string of the molecule is c1ccc(-c2cc(-c3ccccc3)nc(-c3ccc4cc(-c5ccc(-c6nc7ccccc7c7c6ccn6cc(-c8ccccc8)nc76)cc5)ccc4c3)n2)cc1. The highest BCUT2D eigenvalue weighted by Gasteiger charge is 2.17. The molecular weight excluding hydrogens is 695 g/mol. The fourth-order valence-electron chi connectivity index (χ4n) is 7.92. The minimum Gasteiger partial charge on any atom is -0.306 e. The van der Waals surface area contributed by atoms with Gasteiger partial charge in [-0.25, -0.2) is 19.9 Å². The third-order valence-electron chi connectivity index (χ3n) is 10.8. The van der Waals surface area contributed by atoms with Crippen LogP contribution < -0.4 is 0 Å². The summed E-state index contributed by atoms with van der Waals surface area (Å²) in [7, 11) is 0. The molecule has 0 N–H and O–H groups in total. The molecule has 0 amide bonds. The summed E-state index contributed by atoms with van der Waals surface area (Å²) in [4.78, 5) is 20.5. The molecule has 11 aromatic rings. The van der Waals surface area contributed by atoms with Crippen molar-refractivity contribution in [1.82, 2.24) is 24.3 Å². The number of benzene rings is 7. The number of rotatable bonds is 6. The van der Waals surface area contributed by atoms with Gasteiger partial charge in [-0.3, -0.25) is 0 Å². The standard InChI is InChI=1S/C52H33N5/c1-4-12-35(13-5-1)46-32-47(36-14-6-2-7-15-36)55-51(54-46)42-27-26-40-30-39(24-25-41(40)31-42)34-20-22-38(23-21-34)50-44-28-29-57-33-48(37-16-8-3-9-17-37)56-52(57)49(44)43-18-10-11-19-45(43)53-50/h1-33H. The van der Waals surface area contributed by atoms with E-state index in [0.717, 1.165) is 99.8 Å². The molecule has 57 heavy (non-hydrogen) atoms. The van der Waals surface area contributed by atoms with Crippen LogP contribution in [0.1, 0.15) is 0 Å². The highest BCUT2D eigenvalue weighted by molar-refractivity contribution is 6.16. The largest absolute Gasteiger partial charge is 0.306 e. The molecule has 0 bridgehead atoms. The van der Waals surface area contributed by atoms with Gasteiger partial charge in [-0.2, -0.15) is 0 Å². The molecule has 0 aliphatic carbocycles. The summed E-state index contributed by atoms with van der Waals surface area (Å²) in [6.07, 6.45) is 4.21. The second-order valence-corrected chi connectivity index (χ2v) is 14.4. The lowest BCUT2D eigenvalue weighted by Gasteiger charge is -2.12. The molecule has 5 nitrogen and oxygen atoms in total. The third kappa shape index (κ3) is 5.90.